The van der Waals surface area contributed by atoms with Crippen LogP contribution in [0.4, 0.5) is 4.79 Å². The van der Waals surface area contributed by atoms with Gasteiger partial charge in [0.2, 0.25) is 10.0 Å². The van der Waals surface area contributed by atoms with E-state index >= 15 is 0 Å². The quantitative estimate of drug-likeness (QED) is 0.869. The standard InChI is InChI=1S/C16H19N3O3S2/c1-17-24(21,22)15-6-2-4-12-11-19(8-7-14(12)15)16(20)18-10-13-5-3-9-23-13/h2-6,9,17H,7-8,10-11H2,1H3,(H,18,20). The molecule has 0 fully saturated rings. The van der Waals surface area contributed by atoms with Gasteiger partial charge in [-0.1, -0.05) is 18.2 Å². The zero-order valence-corrected chi connectivity index (χ0v) is 14.9. The molecule has 0 radical (unpaired) electrons. The van der Waals surface area contributed by atoms with E-state index in [9.17, 15) is 13.2 Å². The van der Waals surface area contributed by atoms with Crippen molar-refractivity contribution in [3.8, 4) is 0 Å². The third-order valence-electron chi connectivity index (χ3n) is 4.06. The van der Waals surface area contributed by atoms with Crippen LogP contribution >= 0.6 is 11.3 Å². The number of nitrogens with one attached hydrogen (secondary N) is 2. The highest BCUT2D eigenvalue weighted by Crippen LogP contribution is 2.25. The smallest absolute Gasteiger partial charge is 0.318 e. The van der Waals surface area contributed by atoms with Crippen molar-refractivity contribution in [3.63, 3.8) is 0 Å². The zero-order valence-electron chi connectivity index (χ0n) is 13.3. The molecule has 8 heteroatoms. The van der Waals surface area contributed by atoms with Gasteiger partial charge in [-0.05, 0) is 42.1 Å². The van der Waals surface area contributed by atoms with E-state index in [1.165, 1.54) is 7.05 Å². The molecule has 0 saturated heterocycles. The molecule has 0 unspecified atom stereocenters. The second-order valence-corrected chi connectivity index (χ2v) is 8.40. The Labute approximate surface area is 145 Å². The Bertz CT molecular complexity index is 832. The molecule has 2 N–H and O–H groups in total. The lowest BCUT2D eigenvalue weighted by atomic mass is 10.00. The summed E-state index contributed by atoms with van der Waals surface area (Å²) in [5.74, 6) is 0. The number of hydrogen-bond donors (Lipinski definition) is 2. The lowest BCUT2D eigenvalue weighted by Crippen LogP contribution is -2.42. The third kappa shape index (κ3) is 3.45. The van der Waals surface area contributed by atoms with Crippen LogP contribution in [0.1, 0.15) is 16.0 Å². The van der Waals surface area contributed by atoms with Crippen LogP contribution in [0.5, 0.6) is 0 Å². The number of benzene rings is 1. The summed E-state index contributed by atoms with van der Waals surface area (Å²) in [4.78, 5) is 15.5. The van der Waals surface area contributed by atoms with Gasteiger partial charge in [0.05, 0.1) is 11.4 Å². The third-order valence-corrected chi connectivity index (χ3v) is 6.44. The maximum absolute atomic E-state index is 12.3. The highest BCUT2D eigenvalue weighted by atomic mass is 32.2. The number of sulfonamides is 1. The first-order valence-corrected chi connectivity index (χ1v) is 9.97. The van der Waals surface area contributed by atoms with Crippen molar-refractivity contribution in [1.82, 2.24) is 14.9 Å². The molecule has 0 spiro atoms. The van der Waals surface area contributed by atoms with E-state index in [1.54, 1.807) is 28.4 Å². The Hall–Kier alpha value is -1.90. The summed E-state index contributed by atoms with van der Waals surface area (Å²) in [5, 5.41) is 4.88. The van der Waals surface area contributed by atoms with Crippen molar-refractivity contribution < 1.29 is 13.2 Å². The summed E-state index contributed by atoms with van der Waals surface area (Å²) in [6.07, 6.45) is 0.527. The minimum atomic E-state index is -3.48. The lowest BCUT2D eigenvalue weighted by molar-refractivity contribution is 0.191. The van der Waals surface area contributed by atoms with Gasteiger partial charge in [0.25, 0.3) is 0 Å². The molecule has 1 aliphatic rings. The van der Waals surface area contributed by atoms with Crippen LogP contribution in [-0.4, -0.2) is 32.9 Å². The number of rotatable bonds is 4. The van der Waals surface area contributed by atoms with E-state index in [4.69, 9.17) is 0 Å². The summed E-state index contributed by atoms with van der Waals surface area (Å²) >= 11 is 1.60. The number of hydrogen-bond acceptors (Lipinski definition) is 4. The first-order valence-electron chi connectivity index (χ1n) is 7.61. The van der Waals surface area contributed by atoms with E-state index in [-0.39, 0.29) is 6.03 Å². The van der Waals surface area contributed by atoms with Crippen LogP contribution in [0.3, 0.4) is 0 Å². The molecule has 1 aromatic carbocycles. The molecule has 2 amide bonds. The number of nitrogens with zero attached hydrogens (tertiary/aromatic N) is 1. The summed E-state index contributed by atoms with van der Waals surface area (Å²) in [6.45, 7) is 1.42. The van der Waals surface area contributed by atoms with Gasteiger partial charge in [0.1, 0.15) is 0 Å². The number of carbonyl (C=O) groups is 1. The van der Waals surface area contributed by atoms with Crippen molar-refractivity contribution in [2.75, 3.05) is 13.6 Å². The van der Waals surface area contributed by atoms with Gasteiger partial charge >= 0.3 is 6.03 Å². The Morgan fingerprint density at radius 3 is 2.83 bits per heavy atom. The minimum Gasteiger partial charge on any atom is -0.333 e. The first-order chi connectivity index (χ1) is 11.5. The van der Waals surface area contributed by atoms with Crippen molar-refractivity contribution in [2.45, 2.75) is 24.4 Å². The van der Waals surface area contributed by atoms with Crippen LogP contribution in [0, 0.1) is 0 Å². The minimum absolute atomic E-state index is 0.129. The summed E-state index contributed by atoms with van der Waals surface area (Å²) in [7, 11) is -2.08. The number of amides is 2. The first kappa shape index (κ1) is 16.9. The highest BCUT2D eigenvalue weighted by Gasteiger charge is 2.26. The zero-order chi connectivity index (χ0) is 17.2. The van der Waals surface area contributed by atoms with E-state index in [2.05, 4.69) is 10.0 Å². The summed E-state index contributed by atoms with van der Waals surface area (Å²) in [5.41, 5.74) is 1.68. The monoisotopic (exact) mass is 365 g/mol. The second kappa shape index (κ2) is 6.92. The molecule has 0 atom stereocenters. The van der Waals surface area contributed by atoms with E-state index in [0.29, 0.717) is 31.0 Å². The fourth-order valence-corrected chi connectivity index (χ4v) is 4.48. The number of fused-ring (bicyclic) bond motifs is 1. The van der Waals surface area contributed by atoms with Gasteiger partial charge in [-0.25, -0.2) is 17.9 Å². The fourth-order valence-electron chi connectivity index (χ4n) is 2.80. The van der Waals surface area contributed by atoms with Crippen LogP contribution in [0.15, 0.2) is 40.6 Å². The maximum Gasteiger partial charge on any atom is 0.318 e. The Morgan fingerprint density at radius 2 is 2.12 bits per heavy atom. The summed E-state index contributed by atoms with van der Waals surface area (Å²) in [6, 6.07) is 9.00. The SMILES string of the molecule is CNS(=O)(=O)c1cccc2c1CCN(C(=O)NCc1cccs1)C2. The van der Waals surface area contributed by atoms with Gasteiger partial charge in [-0.15, -0.1) is 11.3 Å². The van der Waals surface area contributed by atoms with Crippen molar-refractivity contribution in [3.05, 3.63) is 51.7 Å². The van der Waals surface area contributed by atoms with Crippen molar-refractivity contribution in [2.24, 2.45) is 0 Å². The molecule has 0 aliphatic carbocycles. The number of urea groups is 1. The van der Waals surface area contributed by atoms with E-state index < -0.39 is 10.0 Å². The molecule has 3 rings (SSSR count). The fraction of sp³-hybridized carbons (Fsp3) is 0.312. The second-order valence-electron chi connectivity index (χ2n) is 5.51. The molecule has 6 nitrogen and oxygen atoms in total. The highest BCUT2D eigenvalue weighted by molar-refractivity contribution is 7.89. The van der Waals surface area contributed by atoms with Crippen LogP contribution in [-0.2, 0) is 29.5 Å². The largest absolute Gasteiger partial charge is 0.333 e. The molecule has 1 aliphatic heterocycles. The Kier molecular flexibility index (Phi) is 4.88. The maximum atomic E-state index is 12.3. The molecule has 0 saturated carbocycles. The number of carbonyl (C=O) groups excluding carboxylic acids is 1. The summed E-state index contributed by atoms with van der Waals surface area (Å²) < 4.78 is 26.6. The van der Waals surface area contributed by atoms with Crippen molar-refractivity contribution in [1.29, 1.82) is 0 Å². The molecule has 24 heavy (non-hydrogen) atoms. The molecular weight excluding hydrogens is 346 g/mol. The molecule has 0 bridgehead atoms. The molecule has 2 aromatic rings. The van der Waals surface area contributed by atoms with E-state index in [0.717, 1.165) is 16.0 Å². The van der Waals surface area contributed by atoms with Gasteiger partial charge < -0.3 is 10.2 Å². The van der Waals surface area contributed by atoms with Crippen LogP contribution in [0.2, 0.25) is 0 Å². The molecule has 2 heterocycles. The van der Waals surface area contributed by atoms with Gasteiger partial charge in [0.15, 0.2) is 0 Å². The van der Waals surface area contributed by atoms with Crippen LogP contribution in [0.25, 0.3) is 0 Å². The normalized spacial score (nSPS) is 14.3. The topological polar surface area (TPSA) is 78.5 Å². The van der Waals surface area contributed by atoms with Crippen molar-refractivity contribution >= 4 is 27.4 Å². The van der Waals surface area contributed by atoms with Gasteiger partial charge in [0, 0.05) is 18.0 Å². The molecule has 1 aromatic heterocycles. The predicted molar refractivity (Wildman–Crippen MR) is 93.4 cm³/mol. The molecular formula is C16H19N3O3S2. The van der Waals surface area contributed by atoms with E-state index in [1.807, 2.05) is 23.6 Å². The molecule has 128 valence electrons. The van der Waals surface area contributed by atoms with Gasteiger partial charge in [-0.3, -0.25) is 0 Å². The average Bonchev–Trinajstić information content (AvgIpc) is 3.12. The van der Waals surface area contributed by atoms with Gasteiger partial charge in [-0.2, -0.15) is 0 Å². The number of thiophene rings is 1. The van der Waals surface area contributed by atoms with Crippen LogP contribution < -0.4 is 10.0 Å². The average molecular weight is 365 g/mol. The lowest BCUT2D eigenvalue weighted by Gasteiger charge is -2.30. The predicted octanol–water partition coefficient (Wildman–Crippen LogP) is 1.92. The Morgan fingerprint density at radius 1 is 1.29 bits per heavy atom. The Balaban J connectivity index is 1.73.